The van der Waals surface area contributed by atoms with Gasteiger partial charge in [0.05, 0.1) is 12.2 Å². The molecular formula is C40H35BrF3N3O4. The average Bonchev–Trinajstić information content (AvgIpc) is 3.53. The van der Waals surface area contributed by atoms with Crippen molar-refractivity contribution in [2.45, 2.75) is 37.2 Å². The van der Waals surface area contributed by atoms with E-state index in [2.05, 4.69) is 26.8 Å². The van der Waals surface area contributed by atoms with Crippen LogP contribution in [-0.4, -0.2) is 35.7 Å². The second-order valence-corrected chi connectivity index (χ2v) is 12.9. The molecule has 7 nitrogen and oxygen atoms in total. The van der Waals surface area contributed by atoms with E-state index in [1.54, 1.807) is 30.3 Å². The molecule has 3 N–H and O–H groups in total. The average molecular weight is 759 g/mol. The number of ether oxygens (including phenoxy) is 2. The van der Waals surface area contributed by atoms with Gasteiger partial charge in [-0.1, -0.05) is 107 Å². The number of halogens is 4. The molecule has 0 aromatic heterocycles. The van der Waals surface area contributed by atoms with Crippen molar-refractivity contribution in [3.63, 3.8) is 0 Å². The number of hydrogen-bond acceptors (Lipinski definition) is 6. The van der Waals surface area contributed by atoms with Crippen molar-refractivity contribution in [2.75, 3.05) is 13.2 Å². The van der Waals surface area contributed by atoms with E-state index in [-0.39, 0.29) is 25.5 Å². The zero-order chi connectivity index (χ0) is 35.8. The molecule has 0 radical (unpaired) electrons. The van der Waals surface area contributed by atoms with Gasteiger partial charge in [0.15, 0.2) is 11.6 Å². The first-order valence-electron chi connectivity index (χ1n) is 16.3. The molecule has 6 rings (SSSR count). The lowest BCUT2D eigenvalue weighted by Crippen LogP contribution is -2.53. The summed E-state index contributed by atoms with van der Waals surface area (Å²) in [6.45, 7) is 0.316. The van der Waals surface area contributed by atoms with Crippen LogP contribution in [0.15, 0.2) is 137 Å². The third kappa shape index (κ3) is 8.50. The lowest BCUT2D eigenvalue weighted by molar-refractivity contribution is -0.137. The Labute approximate surface area is 302 Å². The zero-order valence-electron chi connectivity index (χ0n) is 27.4. The lowest BCUT2D eigenvalue weighted by atomic mass is 9.82. The highest BCUT2D eigenvalue weighted by Gasteiger charge is 2.53. The van der Waals surface area contributed by atoms with Gasteiger partial charge >= 0.3 is 6.18 Å². The second-order valence-electron chi connectivity index (χ2n) is 12.1. The van der Waals surface area contributed by atoms with Gasteiger partial charge in [-0.2, -0.15) is 13.2 Å². The molecule has 262 valence electrons. The van der Waals surface area contributed by atoms with Crippen LogP contribution in [-0.2, 0) is 28.7 Å². The Hall–Kier alpha value is -4.97. The summed E-state index contributed by atoms with van der Waals surface area (Å²) < 4.78 is 53.2. The Bertz CT molecular complexity index is 1970. The first-order chi connectivity index (χ1) is 24.7. The van der Waals surface area contributed by atoms with Crippen LogP contribution in [0.5, 0.6) is 5.75 Å². The normalized spacial score (nSPS) is 17.0. The Morgan fingerprint density at radius 2 is 1.55 bits per heavy atom. The second kappa shape index (κ2) is 15.9. The number of benzene rings is 5. The molecular weight excluding hydrogens is 723 g/mol. The van der Waals surface area contributed by atoms with E-state index in [9.17, 15) is 18.0 Å². The number of aliphatic hydroxyl groups excluding tert-OH is 1. The van der Waals surface area contributed by atoms with Crippen LogP contribution in [0.4, 0.5) is 13.2 Å². The summed E-state index contributed by atoms with van der Waals surface area (Å²) in [5.41, 5.74) is 7.74. The number of carbonyl (C=O) groups excluding carboxylic acids is 1. The summed E-state index contributed by atoms with van der Waals surface area (Å²) in [7, 11) is 0. The van der Waals surface area contributed by atoms with E-state index in [0.717, 1.165) is 33.3 Å². The maximum absolute atomic E-state index is 14.6. The van der Waals surface area contributed by atoms with Crippen LogP contribution < -0.4 is 15.6 Å². The Morgan fingerprint density at radius 1 is 0.863 bits per heavy atom. The molecule has 0 saturated carbocycles. The molecule has 0 unspecified atom stereocenters. The number of rotatable bonds is 13. The smallest absolute Gasteiger partial charge is 0.416 e. The first kappa shape index (κ1) is 35.8. The van der Waals surface area contributed by atoms with Crippen LogP contribution in [0.3, 0.4) is 0 Å². The molecule has 1 aliphatic heterocycles. The number of alkyl halides is 3. The minimum atomic E-state index is -4.49. The molecule has 1 heterocycles. The number of aliphatic imine (C=N–C) groups is 1. The molecule has 0 saturated heterocycles. The van der Waals surface area contributed by atoms with Crippen molar-refractivity contribution >= 4 is 27.7 Å². The third-order valence-electron chi connectivity index (χ3n) is 8.52. The van der Waals surface area contributed by atoms with Crippen molar-refractivity contribution in [3.8, 4) is 16.9 Å². The quantitative estimate of drug-likeness (QED) is 0.0832. The van der Waals surface area contributed by atoms with Crippen LogP contribution >= 0.6 is 15.9 Å². The van der Waals surface area contributed by atoms with Crippen LogP contribution in [0.25, 0.3) is 11.1 Å². The van der Waals surface area contributed by atoms with E-state index in [0.29, 0.717) is 35.5 Å². The van der Waals surface area contributed by atoms with Gasteiger partial charge in [-0.3, -0.25) is 10.2 Å². The predicted octanol–water partition coefficient (Wildman–Crippen LogP) is 8.22. The van der Waals surface area contributed by atoms with Gasteiger partial charge in [0.2, 0.25) is 5.90 Å². The summed E-state index contributed by atoms with van der Waals surface area (Å²) in [4.78, 5) is 19.6. The number of carbonyl (C=O) groups is 1. The highest BCUT2D eigenvalue weighted by Crippen LogP contribution is 2.44. The molecule has 5 aromatic carbocycles. The number of nitrogens with zero attached hydrogens (tertiary/aromatic N) is 1. The molecule has 51 heavy (non-hydrogen) atoms. The minimum absolute atomic E-state index is 0.0208. The molecule has 1 aliphatic rings. The summed E-state index contributed by atoms with van der Waals surface area (Å²) >= 11 is 3.63. The number of amides is 1. The fraction of sp³-hybridized carbons (Fsp3) is 0.200. The maximum atomic E-state index is 14.6. The largest absolute Gasteiger partial charge is 0.494 e. The van der Waals surface area contributed by atoms with Crippen molar-refractivity contribution < 1.29 is 32.5 Å². The fourth-order valence-electron chi connectivity index (χ4n) is 5.89. The van der Waals surface area contributed by atoms with E-state index in [4.69, 9.17) is 19.6 Å². The van der Waals surface area contributed by atoms with E-state index < -0.39 is 29.3 Å². The molecule has 5 aromatic rings. The van der Waals surface area contributed by atoms with Gasteiger partial charge in [0, 0.05) is 36.0 Å². The summed E-state index contributed by atoms with van der Waals surface area (Å²) in [5.74, 6) is 0.324. The summed E-state index contributed by atoms with van der Waals surface area (Å²) in [5, 5.41) is 9.10. The monoisotopic (exact) mass is 757 g/mol. The van der Waals surface area contributed by atoms with Crippen LogP contribution in [0.1, 0.15) is 40.3 Å². The van der Waals surface area contributed by atoms with Gasteiger partial charge in [0.25, 0.3) is 5.91 Å². The van der Waals surface area contributed by atoms with E-state index in [1.807, 2.05) is 78.9 Å². The number of hydrazine groups is 1. The van der Waals surface area contributed by atoms with Gasteiger partial charge in [0.1, 0.15) is 5.75 Å². The van der Waals surface area contributed by atoms with Crippen molar-refractivity contribution in [1.29, 1.82) is 0 Å². The Kier molecular flexibility index (Phi) is 11.2. The molecule has 1 amide bonds. The van der Waals surface area contributed by atoms with Crippen LogP contribution in [0, 0.1) is 0 Å². The Morgan fingerprint density at radius 3 is 2.25 bits per heavy atom. The highest BCUT2D eigenvalue weighted by molar-refractivity contribution is 9.10. The van der Waals surface area contributed by atoms with Crippen molar-refractivity contribution in [3.05, 3.63) is 160 Å². The van der Waals surface area contributed by atoms with Gasteiger partial charge in [-0.25, -0.2) is 10.4 Å². The number of aliphatic hydroxyl groups is 1. The highest BCUT2D eigenvalue weighted by atomic mass is 79.9. The van der Waals surface area contributed by atoms with Crippen LogP contribution in [0.2, 0.25) is 0 Å². The van der Waals surface area contributed by atoms with E-state index in [1.165, 1.54) is 6.07 Å². The minimum Gasteiger partial charge on any atom is -0.494 e. The van der Waals surface area contributed by atoms with Gasteiger partial charge < -0.3 is 14.6 Å². The number of hydrogen-bond donors (Lipinski definition) is 3. The molecule has 0 fully saturated rings. The molecule has 2 atom stereocenters. The van der Waals surface area contributed by atoms with Crippen molar-refractivity contribution in [2.24, 2.45) is 4.99 Å². The Balaban J connectivity index is 1.37. The number of nitrogens with one attached hydrogen (secondary N) is 2. The standard InChI is InChI=1S/C40H35BrF3N3O4/c41-35-13-5-4-11-32(35)25-39(38(49)47-45-26-27-8-6-12-33(24-27)40(42,43)44)36(30-16-14-29(15-17-30)28-9-2-1-3-10-28)51-37(46-39)31-18-20-34(21-19-31)50-23-7-22-48/h1-6,8-21,24,36,45,48H,7,22-23,25-26H2,(H,47,49)/t36-,39-/m0/s1. The summed E-state index contributed by atoms with van der Waals surface area (Å²) in [6.07, 6.45) is -4.76. The topological polar surface area (TPSA) is 92.2 Å². The predicted molar refractivity (Wildman–Crippen MR) is 193 cm³/mol. The lowest BCUT2D eigenvalue weighted by Gasteiger charge is -2.31. The molecule has 0 bridgehead atoms. The first-order valence-corrected chi connectivity index (χ1v) is 17.1. The molecule has 0 aliphatic carbocycles. The zero-order valence-corrected chi connectivity index (χ0v) is 29.0. The molecule has 11 heteroatoms. The van der Waals surface area contributed by atoms with Gasteiger partial charge in [-0.15, -0.1) is 0 Å². The van der Waals surface area contributed by atoms with Crippen molar-refractivity contribution in [1.82, 2.24) is 10.9 Å². The third-order valence-corrected chi connectivity index (χ3v) is 9.29. The van der Waals surface area contributed by atoms with E-state index >= 15 is 0 Å². The maximum Gasteiger partial charge on any atom is 0.416 e. The fourth-order valence-corrected chi connectivity index (χ4v) is 6.31. The SMILES string of the molecule is O=C(NNCc1cccc(C(F)(F)F)c1)[C@@]1(Cc2ccccc2Br)N=C(c2ccc(OCCCO)cc2)O[C@H]1c1ccc(-c2ccccc2)cc1. The molecule has 0 spiro atoms. The van der Waals surface area contributed by atoms with Gasteiger partial charge in [-0.05, 0) is 64.2 Å². The summed E-state index contributed by atoms with van der Waals surface area (Å²) in [6, 6.07) is 37.3.